The zero-order valence-corrected chi connectivity index (χ0v) is 14.2. The molecule has 2 fully saturated rings. The first-order valence-electron chi connectivity index (χ1n) is 8.52. The third-order valence-corrected chi connectivity index (χ3v) is 5.44. The van der Waals surface area contributed by atoms with Gasteiger partial charge in [0.25, 0.3) is 5.91 Å². The number of carbonyl (C=O) groups excluding carboxylic acids is 1. The van der Waals surface area contributed by atoms with Crippen LogP contribution in [0.4, 0.5) is 0 Å². The summed E-state index contributed by atoms with van der Waals surface area (Å²) in [5.74, 6) is 0.288. The minimum Gasteiger partial charge on any atom is -0.451 e. The molecule has 1 aromatic carbocycles. The summed E-state index contributed by atoms with van der Waals surface area (Å²) in [6.45, 7) is 2.94. The molecule has 1 saturated heterocycles. The molecule has 1 saturated carbocycles. The van der Waals surface area contributed by atoms with Crippen LogP contribution in [0.2, 0.25) is 5.02 Å². The lowest BCUT2D eigenvalue weighted by Gasteiger charge is -2.38. The Balaban J connectivity index is 1.43. The number of furan rings is 1. The van der Waals surface area contributed by atoms with Crippen LogP contribution in [-0.2, 0) is 0 Å². The lowest BCUT2D eigenvalue weighted by molar-refractivity contribution is 0.0303. The van der Waals surface area contributed by atoms with Gasteiger partial charge in [0.15, 0.2) is 5.76 Å². The summed E-state index contributed by atoms with van der Waals surface area (Å²) < 4.78 is 5.68. The maximum atomic E-state index is 12.7. The first-order chi connectivity index (χ1) is 11.6. The maximum absolute atomic E-state index is 12.7. The predicted octanol–water partition coefficient (Wildman–Crippen LogP) is 2.76. The smallest absolute Gasteiger partial charge is 0.289 e. The molecule has 2 aromatic rings. The Labute approximate surface area is 145 Å². The first kappa shape index (κ1) is 15.9. The van der Waals surface area contributed by atoms with E-state index in [-0.39, 0.29) is 18.1 Å². The van der Waals surface area contributed by atoms with Gasteiger partial charge < -0.3 is 14.4 Å². The van der Waals surface area contributed by atoms with Crippen molar-refractivity contribution in [1.82, 2.24) is 9.80 Å². The van der Waals surface area contributed by atoms with Gasteiger partial charge in [0.2, 0.25) is 0 Å². The zero-order chi connectivity index (χ0) is 16.7. The quantitative estimate of drug-likeness (QED) is 0.906. The summed E-state index contributed by atoms with van der Waals surface area (Å²) in [5, 5.41) is 11.5. The number of amides is 1. The van der Waals surface area contributed by atoms with E-state index in [2.05, 4.69) is 4.90 Å². The number of halogens is 1. The van der Waals surface area contributed by atoms with Crippen LogP contribution in [0.5, 0.6) is 0 Å². The van der Waals surface area contributed by atoms with Crippen molar-refractivity contribution in [3.05, 3.63) is 35.0 Å². The number of aliphatic hydroxyl groups is 1. The Bertz CT molecular complexity index is 752. The fraction of sp³-hybridized carbons (Fsp3) is 0.500. The van der Waals surface area contributed by atoms with Gasteiger partial charge in [0.1, 0.15) is 5.58 Å². The van der Waals surface area contributed by atoms with Gasteiger partial charge in [-0.05, 0) is 43.5 Å². The van der Waals surface area contributed by atoms with Crippen LogP contribution in [0, 0.1) is 0 Å². The van der Waals surface area contributed by atoms with Crippen molar-refractivity contribution in [2.45, 2.75) is 31.4 Å². The number of hydrogen-bond acceptors (Lipinski definition) is 4. The summed E-state index contributed by atoms with van der Waals surface area (Å²) in [7, 11) is 0. The van der Waals surface area contributed by atoms with Gasteiger partial charge in [-0.25, -0.2) is 0 Å². The van der Waals surface area contributed by atoms with Crippen LogP contribution in [0.1, 0.15) is 29.8 Å². The standard InChI is InChI=1S/C18H21ClN2O3/c19-13-4-5-16-12(10-13)11-17(24-16)18(23)21-8-6-20(7-9-21)14-2-1-3-15(14)22/h4-5,10-11,14-15,22H,1-3,6-9H2/t14-,15+/m0/s1. The molecule has 2 heterocycles. The Kier molecular flexibility index (Phi) is 4.24. The van der Waals surface area contributed by atoms with Gasteiger partial charge >= 0.3 is 0 Å². The number of rotatable bonds is 2. The molecule has 1 N–H and O–H groups in total. The molecule has 2 atom stereocenters. The predicted molar refractivity (Wildman–Crippen MR) is 92.3 cm³/mol. The minimum atomic E-state index is -0.215. The van der Waals surface area contributed by atoms with Crippen molar-refractivity contribution in [3.63, 3.8) is 0 Å². The second-order valence-electron chi connectivity index (χ2n) is 6.69. The number of carbonyl (C=O) groups is 1. The molecule has 4 rings (SSSR count). The van der Waals surface area contributed by atoms with E-state index in [1.165, 1.54) is 0 Å². The van der Waals surface area contributed by atoms with Gasteiger partial charge in [-0.15, -0.1) is 0 Å². The molecular weight excluding hydrogens is 328 g/mol. The van der Waals surface area contributed by atoms with Crippen LogP contribution < -0.4 is 0 Å². The van der Waals surface area contributed by atoms with Gasteiger partial charge in [0.05, 0.1) is 6.10 Å². The molecule has 24 heavy (non-hydrogen) atoms. The minimum absolute atomic E-state index is 0.0751. The van der Waals surface area contributed by atoms with E-state index in [1.807, 2.05) is 4.90 Å². The number of fused-ring (bicyclic) bond motifs is 1. The Morgan fingerprint density at radius 1 is 1.17 bits per heavy atom. The van der Waals surface area contributed by atoms with E-state index in [9.17, 15) is 9.90 Å². The topological polar surface area (TPSA) is 56.9 Å². The highest BCUT2D eigenvalue weighted by molar-refractivity contribution is 6.31. The summed E-state index contributed by atoms with van der Waals surface area (Å²) in [6, 6.07) is 7.37. The number of benzene rings is 1. The summed E-state index contributed by atoms with van der Waals surface area (Å²) in [5.41, 5.74) is 0.676. The largest absolute Gasteiger partial charge is 0.451 e. The highest BCUT2D eigenvalue weighted by atomic mass is 35.5. The number of hydrogen-bond donors (Lipinski definition) is 1. The molecular formula is C18H21ClN2O3. The average molecular weight is 349 g/mol. The molecule has 128 valence electrons. The van der Waals surface area contributed by atoms with Crippen LogP contribution in [0.15, 0.2) is 28.7 Å². The van der Waals surface area contributed by atoms with E-state index in [4.69, 9.17) is 16.0 Å². The third kappa shape index (κ3) is 2.92. The second-order valence-corrected chi connectivity index (χ2v) is 7.12. The molecule has 1 aliphatic carbocycles. The van der Waals surface area contributed by atoms with Crippen molar-refractivity contribution in [2.24, 2.45) is 0 Å². The highest BCUT2D eigenvalue weighted by Gasteiger charge is 2.33. The van der Waals surface area contributed by atoms with Crippen LogP contribution >= 0.6 is 11.6 Å². The van der Waals surface area contributed by atoms with Gasteiger partial charge in [-0.3, -0.25) is 9.69 Å². The molecule has 1 amide bonds. The van der Waals surface area contributed by atoms with Crippen molar-refractivity contribution in [1.29, 1.82) is 0 Å². The van der Waals surface area contributed by atoms with E-state index in [1.54, 1.807) is 24.3 Å². The van der Waals surface area contributed by atoms with Gasteiger partial charge in [-0.1, -0.05) is 11.6 Å². The lowest BCUT2D eigenvalue weighted by atomic mass is 10.1. The first-order valence-corrected chi connectivity index (χ1v) is 8.90. The molecule has 1 aliphatic heterocycles. The Hall–Kier alpha value is -1.56. The fourth-order valence-corrected chi connectivity index (χ4v) is 4.06. The molecule has 5 nitrogen and oxygen atoms in total. The zero-order valence-electron chi connectivity index (χ0n) is 13.4. The molecule has 0 spiro atoms. The number of nitrogens with zero attached hydrogens (tertiary/aromatic N) is 2. The Morgan fingerprint density at radius 3 is 2.67 bits per heavy atom. The van der Waals surface area contributed by atoms with Crippen molar-refractivity contribution >= 4 is 28.5 Å². The van der Waals surface area contributed by atoms with Crippen molar-refractivity contribution in [2.75, 3.05) is 26.2 Å². The maximum Gasteiger partial charge on any atom is 0.289 e. The van der Waals surface area contributed by atoms with Gasteiger partial charge in [-0.2, -0.15) is 0 Å². The normalized spacial score (nSPS) is 25.5. The molecule has 2 aliphatic rings. The summed E-state index contributed by atoms with van der Waals surface area (Å²) in [6.07, 6.45) is 2.82. The van der Waals surface area contributed by atoms with E-state index < -0.39 is 0 Å². The van der Waals surface area contributed by atoms with Crippen molar-refractivity contribution in [3.8, 4) is 0 Å². The van der Waals surface area contributed by atoms with Crippen molar-refractivity contribution < 1.29 is 14.3 Å². The lowest BCUT2D eigenvalue weighted by Crippen LogP contribution is -2.53. The van der Waals surface area contributed by atoms with E-state index in [0.717, 1.165) is 37.7 Å². The molecule has 0 unspecified atom stereocenters. The van der Waals surface area contributed by atoms with Crippen LogP contribution in [0.25, 0.3) is 11.0 Å². The van der Waals surface area contributed by atoms with Gasteiger partial charge in [0, 0.05) is 42.6 Å². The number of piperazine rings is 1. The van der Waals surface area contributed by atoms with E-state index in [0.29, 0.717) is 29.5 Å². The summed E-state index contributed by atoms with van der Waals surface area (Å²) in [4.78, 5) is 16.8. The Morgan fingerprint density at radius 2 is 1.96 bits per heavy atom. The average Bonchev–Trinajstić information content (AvgIpc) is 3.20. The number of aliphatic hydroxyl groups excluding tert-OH is 1. The molecule has 0 radical (unpaired) electrons. The third-order valence-electron chi connectivity index (χ3n) is 5.20. The van der Waals surface area contributed by atoms with E-state index >= 15 is 0 Å². The highest BCUT2D eigenvalue weighted by Crippen LogP contribution is 2.27. The SMILES string of the molecule is O=C(c1cc2cc(Cl)ccc2o1)N1CCN([C@H]2CCC[C@H]2O)CC1. The molecule has 1 aromatic heterocycles. The van der Waals surface area contributed by atoms with Crippen LogP contribution in [0.3, 0.4) is 0 Å². The fourth-order valence-electron chi connectivity index (χ4n) is 3.88. The summed E-state index contributed by atoms with van der Waals surface area (Å²) >= 11 is 5.98. The monoisotopic (exact) mass is 348 g/mol. The molecule has 6 heteroatoms. The molecule has 0 bridgehead atoms. The second kappa shape index (κ2) is 6.39. The van der Waals surface area contributed by atoms with Crippen LogP contribution in [-0.4, -0.2) is 59.1 Å².